The maximum absolute atomic E-state index is 13.9. The zero-order valence-electron chi connectivity index (χ0n) is 11.7. The molecular formula is C15H12BrClFNO3. The summed E-state index contributed by atoms with van der Waals surface area (Å²) in [5.41, 5.74) is -0.326. The SMILES string of the molecule is CCOC(=O)c1c(Cl)c2cc(Br)c(F)cc2n(C2CC2)c1=O. The third-order valence-corrected chi connectivity index (χ3v) is 4.58. The molecule has 0 saturated heterocycles. The summed E-state index contributed by atoms with van der Waals surface area (Å²) in [4.78, 5) is 24.7. The maximum Gasteiger partial charge on any atom is 0.345 e. The third-order valence-electron chi connectivity index (χ3n) is 3.58. The number of benzene rings is 1. The Balaban J connectivity index is 2.40. The van der Waals surface area contributed by atoms with Crippen LogP contribution in [0.4, 0.5) is 4.39 Å². The van der Waals surface area contributed by atoms with Gasteiger partial charge in [-0.05, 0) is 47.8 Å². The molecule has 0 atom stereocenters. The molecule has 1 saturated carbocycles. The van der Waals surface area contributed by atoms with E-state index in [9.17, 15) is 14.0 Å². The van der Waals surface area contributed by atoms with Gasteiger partial charge in [0.25, 0.3) is 5.56 Å². The summed E-state index contributed by atoms with van der Waals surface area (Å²) >= 11 is 9.34. The smallest absolute Gasteiger partial charge is 0.345 e. The summed E-state index contributed by atoms with van der Waals surface area (Å²) in [5.74, 6) is -1.24. The van der Waals surface area contributed by atoms with Gasteiger partial charge in [-0.15, -0.1) is 0 Å². The van der Waals surface area contributed by atoms with Gasteiger partial charge in [-0.3, -0.25) is 4.79 Å². The van der Waals surface area contributed by atoms with Gasteiger partial charge in [0.1, 0.15) is 11.4 Å². The highest BCUT2D eigenvalue weighted by atomic mass is 79.9. The lowest BCUT2D eigenvalue weighted by Crippen LogP contribution is -2.28. The Kier molecular flexibility index (Phi) is 3.99. The monoisotopic (exact) mass is 387 g/mol. The molecule has 0 radical (unpaired) electrons. The Morgan fingerprint density at radius 3 is 2.77 bits per heavy atom. The number of esters is 1. The van der Waals surface area contributed by atoms with Crippen LogP contribution in [0.25, 0.3) is 10.9 Å². The van der Waals surface area contributed by atoms with Crippen LogP contribution in [0.3, 0.4) is 0 Å². The van der Waals surface area contributed by atoms with Crippen LogP contribution < -0.4 is 5.56 Å². The number of pyridine rings is 1. The molecule has 3 rings (SSSR count). The predicted octanol–water partition coefficient (Wildman–Crippen LogP) is 4.07. The van der Waals surface area contributed by atoms with Crippen molar-refractivity contribution in [2.45, 2.75) is 25.8 Å². The predicted molar refractivity (Wildman–Crippen MR) is 85.1 cm³/mol. The van der Waals surface area contributed by atoms with Crippen LogP contribution in [0.15, 0.2) is 21.4 Å². The second-order valence-electron chi connectivity index (χ2n) is 5.10. The molecule has 0 spiro atoms. The van der Waals surface area contributed by atoms with Crippen LogP contribution in [-0.4, -0.2) is 17.1 Å². The first-order valence-electron chi connectivity index (χ1n) is 6.85. The number of ether oxygens (including phenoxy) is 1. The number of hydrogen-bond acceptors (Lipinski definition) is 3. The van der Waals surface area contributed by atoms with Crippen LogP contribution in [0.2, 0.25) is 5.02 Å². The first kappa shape index (κ1) is 15.5. The number of carbonyl (C=O) groups excluding carboxylic acids is 1. The number of halogens is 3. The van der Waals surface area contributed by atoms with E-state index in [0.29, 0.717) is 10.9 Å². The van der Waals surface area contributed by atoms with Gasteiger partial charge in [0.15, 0.2) is 0 Å². The summed E-state index contributed by atoms with van der Waals surface area (Å²) in [5, 5.41) is 0.445. The Morgan fingerprint density at radius 2 is 2.18 bits per heavy atom. The quantitative estimate of drug-likeness (QED) is 0.745. The normalized spacial score (nSPS) is 14.4. The fourth-order valence-electron chi connectivity index (χ4n) is 2.45. The number of carbonyl (C=O) groups is 1. The van der Waals surface area contributed by atoms with Crippen molar-refractivity contribution in [1.29, 1.82) is 0 Å². The van der Waals surface area contributed by atoms with Crippen molar-refractivity contribution >= 4 is 44.4 Å². The van der Waals surface area contributed by atoms with Crippen molar-refractivity contribution < 1.29 is 13.9 Å². The summed E-state index contributed by atoms with van der Waals surface area (Å²) in [6, 6.07) is 2.72. The zero-order valence-corrected chi connectivity index (χ0v) is 14.0. The van der Waals surface area contributed by atoms with Gasteiger partial charge in [-0.2, -0.15) is 0 Å². The number of aromatic nitrogens is 1. The lowest BCUT2D eigenvalue weighted by Gasteiger charge is -2.14. The lowest BCUT2D eigenvalue weighted by atomic mass is 10.1. The molecule has 1 aromatic heterocycles. The highest BCUT2D eigenvalue weighted by Gasteiger charge is 2.31. The average Bonchev–Trinajstić information content (AvgIpc) is 3.26. The van der Waals surface area contributed by atoms with Crippen LogP contribution >= 0.6 is 27.5 Å². The van der Waals surface area contributed by atoms with Crippen molar-refractivity contribution in [2.75, 3.05) is 6.61 Å². The second-order valence-corrected chi connectivity index (χ2v) is 6.33. The molecule has 0 amide bonds. The topological polar surface area (TPSA) is 48.3 Å². The molecule has 1 aliphatic carbocycles. The van der Waals surface area contributed by atoms with Gasteiger partial charge in [0, 0.05) is 11.4 Å². The number of fused-ring (bicyclic) bond motifs is 1. The molecule has 116 valence electrons. The molecule has 0 aliphatic heterocycles. The minimum absolute atomic E-state index is 0.00366. The largest absolute Gasteiger partial charge is 0.462 e. The fraction of sp³-hybridized carbons (Fsp3) is 0.333. The molecule has 2 aromatic rings. The number of nitrogens with zero attached hydrogens (tertiary/aromatic N) is 1. The van der Waals surface area contributed by atoms with Crippen molar-refractivity contribution in [3.63, 3.8) is 0 Å². The summed E-state index contributed by atoms with van der Waals surface area (Å²) in [6.07, 6.45) is 1.63. The Bertz CT molecular complexity index is 845. The van der Waals surface area contributed by atoms with E-state index in [4.69, 9.17) is 16.3 Å². The molecule has 0 N–H and O–H groups in total. The summed E-state index contributed by atoms with van der Waals surface area (Å²) in [6.45, 7) is 1.79. The van der Waals surface area contributed by atoms with Crippen molar-refractivity contribution in [2.24, 2.45) is 0 Å². The molecule has 1 fully saturated rings. The summed E-state index contributed by atoms with van der Waals surface area (Å²) in [7, 11) is 0. The molecule has 22 heavy (non-hydrogen) atoms. The molecule has 1 heterocycles. The number of rotatable bonds is 3. The molecule has 0 bridgehead atoms. The van der Waals surface area contributed by atoms with Gasteiger partial charge in [0.2, 0.25) is 0 Å². The van der Waals surface area contributed by atoms with Gasteiger partial charge in [0.05, 0.1) is 21.6 Å². The Morgan fingerprint density at radius 1 is 1.50 bits per heavy atom. The van der Waals surface area contributed by atoms with E-state index in [1.54, 1.807) is 6.92 Å². The molecular weight excluding hydrogens is 377 g/mol. The van der Waals surface area contributed by atoms with E-state index < -0.39 is 17.3 Å². The van der Waals surface area contributed by atoms with E-state index in [0.717, 1.165) is 12.8 Å². The van der Waals surface area contributed by atoms with Gasteiger partial charge in [-0.25, -0.2) is 9.18 Å². The highest BCUT2D eigenvalue weighted by Crippen LogP contribution is 2.39. The fourth-order valence-corrected chi connectivity index (χ4v) is 3.10. The van der Waals surface area contributed by atoms with E-state index >= 15 is 0 Å². The first-order valence-corrected chi connectivity index (χ1v) is 8.02. The molecule has 1 aliphatic rings. The Hall–Kier alpha value is -1.40. The van der Waals surface area contributed by atoms with E-state index in [1.165, 1.54) is 16.7 Å². The Labute approximate surface area is 138 Å². The van der Waals surface area contributed by atoms with Crippen molar-refractivity contribution in [3.05, 3.63) is 43.4 Å². The van der Waals surface area contributed by atoms with E-state index in [-0.39, 0.29) is 27.7 Å². The zero-order chi connectivity index (χ0) is 16.0. The van der Waals surface area contributed by atoms with Crippen molar-refractivity contribution in [1.82, 2.24) is 4.57 Å². The standard InChI is InChI=1S/C15H12BrClFNO3/c1-2-22-15(21)12-13(17)8-5-9(16)10(18)6-11(8)19(14(12)20)7-3-4-7/h5-7H,2-4H2,1H3. The van der Waals surface area contributed by atoms with Crippen LogP contribution in [0, 0.1) is 5.82 Å². The van der Waals surface area contributed by atoms with Crippen LogP contribution in [-0.2, 0) is 4.74 Å². The minimum atomic E-state index is -0.755. The van der Waals surface area contributed by atoms with E-state index in [1.807, 2.05) is 0 Å². The van der Waals surface area contributed by atoms with Gasteiger partial charge >= 0.3 is 5.97 Å². The summed E-state index contributed by atoms with van der Waals surface area (Å²) < 4.78 is 20.5. The van der Waals surface area contributed by atoms with Crippen LogP contribution in [0.5, 0.6) is 0 Å². The average molecular weight is 389 g/mol. The third kappa shape index (κ3) is 2.44. The highest BCUT2D eigenvalue weighted by molar-refractivity contribution is 9.10. The lowest BCUT2D eigenvalue weighted by molar-refractivity contribution is 0.0524. The molecule has 4 nitrogen and oxygen atoms in total. The van der Waals surface area contributed by atoms with Crippen LogP contribution in [0.1, 0.15) is 36.2 Å². The number of hydrogen-bond donors (Lipinski definition) is 0. The molecule has 1 aromatic carbocycles. The van der Waals surface area contributed by atoms with Gasteiger partial charge in [-0.1, -0.05) is 11.6 Å². The van der Waals surface area contributed by atoms with Gasteiger partial charge < -0.3 is 9.30 Å². The molecule has 0 unspecified atom stereocenters. The van der Waals surface area contributed by atoms with E-state index in [2.05, 4.69) is 15.9 Å². The van der Waals surface area contributed by atoms with Crippen molar-refractivity contribution in [3.8, 4) is 0 Å². The molecule has 7 heteroatoms. The first-order chi connectivity index (χ1) is 10.5. The minimum Gasteiger partial charge on any atom is -0.462 e. The second kappa shape index (κ2) is 5.66. The maximum atomic E-state index is 13.9.